The van der Waals surface area contributed by atoms with Gasteiger partial charge in [0, 0.05) is 22.3 Å². The normalized spacial score (nSPS) is 21.1. The van der Waals surface area contributed by atoms with Crippen molar-refractivity contribution in [1.29, 1.82) is 0 Å². The van der Waals surface area contributed by atoms with Gasteiger partial charge in [-0.3, -0.25) is 4.79 Å². The average Bonchev–Trinajstić information content (AvgIpc) is 2.46. The Labute approximate surface area is 106 Å². The molecule has 15 heavy (non-hydrogen) atoms. The molecule has 1 aromatic rings. The number of carbonyl (C=O) groups is 1. The van der Waals surface area contributed by atoms with E-state index in [1.807, 2.05) is 0 Å². The van der Waals surface area contributed by atoms with E-state index in [0.717, 1.165) is 12.1 Å². The van der Waals surface area contributed by atoms with E-state index in [4.69, 9.17) is 23.2 Å². The van der Waals surface area contributed by atoms with Crippen molar-refractivity contribution < 1.29 is 4.79 Å². The lowest BCUT2D eigenvalue weighted by Crippen LogP contribution is -2.26. The van der Waals surface area contributed by atoms with Crippen LogP contribution in [0, 0.1) is 0 Å². The van der Waals surface area contributed by atoms with E-state index in [2.05, 4.69) is 15.9 Å². The summed E-state index contributed by atoms with van der Waals surface area (Å²) in [6.45, 7) is 0.700. The first-order valence-electron chi connectivity index (χ1n) is 4.49. The van der Waals surface area contributed by atoms with E-state index in [0.29, 0.717) is 16.6 Å². The Hall–Kier alpha value is -0.250. The molecule has 1 fully saturated rings. The van der Waals surface area contributed by atoms with E-state index in [-0.39, 0.29) is 10.7 Å². The molecule has 2 rings (SSSR count). The van der Waals surface area contributed by atoms with Crippen molar-refractivity contribution in [3.05, 3.63) is 28.2 Å². The van der Waals surface area contributed by atoms with Crippen LogP contribution in [-0.4, -0.2) is 17.3 Å². The summed E-state index contributed by atoms with van der Waals surface area (Å²) in [7, 11) is 0. The molecule has 80 valence electrons. The number of hydrogen-bond acceptors (Lipinski definition) is 1. The summed E-state index contributed by atoms with van der Waals surface area (Å²) in [5.74, 6) is 0.0633. The van der Waals surface area contributed by atoms with Gasteiger partial charge in [0.2, 0.25) is 5.91 Å². The minimum absolute atomic E-state index is 0.0633. The summed E-state index contributed by atoms with van der Waals surface area (Å²) >= 11 is 15.1. The number of anilines is 1. The second-order valence-electron chi connectivity index (χ2n) is 3.37. The maximum absolute atomic E-state index is 11.7. The molecule has 1 heterocycles. The van der Waals surface area contributed by atoms with Gasteiger partial charge >= 0.3 is 0 Å². The van der Waals surface area contributed by atoms with Gasteiger partial charge in [0.05, 0.1) is 4.83 Å². The summed E-state index contributed by atoms with van der Waals surface area (Å²) in [5.41, 5.74) is 0.763. The Morgan fingerprint density at radius 2 is 1.87 bits per heavy atom. The number of hydrogen-bond donors (Lipinski definition) is 0. The number of alkyl halides is 1. The highest BCUT2D eigenvalue weighted by atomic mass is 79.9. The van der Waals surface area contributed by atoms with Crippen LogP contribution in [0.15, 0.2) is 18.2 Å². The number of benzene rings is 1. The third-order valence-electron chi connectivity index (χ3n) is 2.30. The molecule has 0 bridgehead atoms. The molecule has 1 atom stereocenters. The molecule has 1 aromatic carbocycles. The minimum atomic E-state index is -0.0877. The second kappa shape index (κ2) is 4.32. The monoisotopic (exact) mass is 307 g/mol. The van der Waals surface area contributed by atoms with Crippen LogP contribution < -0.4 is 4.90 Å². The minimum Gasteiger partial charge on any atom is -0.311 e. The Bertz CT molecular complexity index is 390. The zero-order chi connectivity index (χ0) is 11.0. The van der Waals surface area contributed by atoms with Crippen molar-refractivity contribution in [2.45, 2.75) is 11.2 Å². The van der Waals surface area contributed by atoms with Gasteiger partial charge in [0.15, 0.2) is 0 Å². The predicted molar refractivity (Wildman–Crippen MR) is 66.1 cm³/mol. The third-order valence-corrected chi connectivity index (χ3v) is 3.59. The number of rotatable bonds is 1. The summed E-state index contributed by atoms with van der Waals surface area (Å²) in [6.07, 6.45) is 0.808. The van der Waals surface area contributed by atoms with Gasteiger partial charge in [-0.2, -0.15) is 0 Å². The van der Waals surface area contributed by atoms with Gasteiger partial charge in [-0.05, 0) is 24.6 Å². The molecule has 0 N–H and O–H groups in total. The summed E-state index contributed by atoms with van der Waals surface area (Å²) in [5, 5.41) is 1.09. The van der Waals surface area contributed by atoms with Gasteiger partial charge < -0.3 is 4.90 Å². The van der Waals surface area contributed by atoms with Crippen molar-refractivity contribution in [3.63, 3.8) is 0 Å². The SMILES string of the molecule is O=C1C(Br)CCN1c1cc(Cl)cc(Cl)c1. The van der Waals surface area contributed by atoms with E-state index in [1.165, 1.54) is 0 Å². The topological polar surface area (TPSA) is 20.3 Å². The average molecular weight is 309 g/mol. The Kier molecular flexibility index (Phi) is 3.24. The Morgan fingerprint density at radius 1 is 1.27 bits per heavy atom. The van der Waals surface area contributed by atoms with Crippen LogP contribution in [0.25, 0.3) is 0 Å². The van der Waals surface area contributed by atoms with Crippen molar-refractivity contribution >= 4 is 50.7 Å². The molecule has 1 aliphatic heterocycles. The largest absolute Gasteiger partial charge is 0.311 e. The lowest BCUT2D eigenvalue weighted by atomic mass is 10.3. The van der Waals surface area contributed by atoms with Crippen LogP contribution in [0.4, 0.5) is 5.69 Å². The third kappa shape index (κ3) is 2.30. The fourth-order valence-electron chi connectivity index (χ4n) is 1.60. The number of nitrogens with zero attached hydrogens (tertiary/aromatic N) is 1. The first kappa shape index (κ1) is 11.2. The van der Waals surface area contributed by atoms with Gasteiger partial charge in [0.25, 0.3) is 0 Å². The first-order chi connectivity index (χ1) is 7.08. The van der Waals surface area contributed by atoms with Crippen LogP contribution in [0.5, 0.6) is 0 Å². The highest BCUT2D eigenvalue weighted by Crippen LogP contribution is 2.30. The van der Waals surface area contributed by atoms with Gasteiger partial charge in [-0.1, -0.05) is 39.1 Å². The molecule has 0 spiro atoms. The fraction of sp³-hybridized carbons (Fsp3) is 0.300. The zero-order valence-electron chi connectivity index (χ0n) is 7.71. The molecule has 1 aliphatic rings. The molecule has 0 radical (unpaired) electrons. The van der Waals surface area contributed by atoms with Crippen molar-refractivity contribution in [2.24, 2.45) is 0 Å². The first-order valence-corrected chi connectivity index (χ1v) is 6.16. The van der Waals surface area contributed by atoms with Crippen LogP contribution in [0.1, 0.15) is 6.42 Å². The van der Waals surface area contributed by atoms with Crippen LogP contribution in [0.3, 0.4) is 0 Å². The highest BCUT2D eigenvalue weighted by molar-refractivity contribution is 9.10. The second-order valence-corrected chi connectivity index (χ2v) is 5.35. The molecular weight excluding hydrogens is 301 g/mol. The van der Waals surface area contributed by atoms with Gasteiger partial charge in [-0.15, -0.1) is 0 Å². The molecule has 1 saturated heterocycles. The number of halogens is 3. The molecule has 1 amide bonds. The number of carbonyl (C=O) groups excluding carboxylic acids is 1. The van der Waals surface area contributed by atoms with E-state index >= 15 is 0 Å². The smallest absolute Gasteiger partial charge is 0.240 e. The van der Waals surface area contributed by atoms with Gasteiger partial charge in [-0.25, -0.2) is 0 Å². The van der Waals surface area contributed by atoms with Crippen molar-refractivity contribution in [2.75, 3.05) is 11.4 Å². The van der Waals surface area contributed by atoms with Crippen LogP contribution >= 0.6 is 39.1 Å². The maximum atomic E-state index is 11.7. The van der Waals surface area contributed by atoms with E-state index in [9.17, 15) is 4.79 Å². The molecule has 5 heteroatoms. The highest BCUT2D eigenvalue weighted by Gasteiger charge is 2.30. The van der Waals surface area contributed by atoms with Crippen LogP contribution in [-0.2, 0) is 4.79 Å². The Morgan fingerprint density at radius 3 is 2.33 bits per heavy atom. The molecule has 2 nitrogen and oxygen atoms in total. The summed E-state index contributed by atoms with van der Waals surface area (Å²) in [6, 6.07) is 5.14. The molecular formula is C10H8BrCl2NO. The van der Waals surface area contributed by atoms with Crippen molar-refractivity contribution in [1.82, 2.24) is 0 Å². The summed E-state index contributed by atoms with van der Waals surface area (Å²) < 4.78 is 0. The quantitative estimate of drug-likeness (QED) is 0.727. The molecule has 0 aliphatic carbocycles. The fourth-order valence-corrected chi connectivity index (χ4v) is 2.56. The maximum Gasteiger partial charge on any atom is 0.240 e. The lowest BCUT2D eigenvalue weighted by Gasteiger charge is -2.16. The lowest BCUT2D eigenvalue weighted by molar-refractivity contribution is -0.116. The molecule has 1 unspecified atom stereocenters. The van der Waals surface area contributed by atoms with Crippen molar-refractivity contribution in [3.8, 4) is 0 Å². The predicted octanol–water partition coefficient (Wildman–Crippen LogP) is 3.49. The van der Waals surface area contributed by atoms with Crippen LogP contribution in [0.2, 0.25) is 10.0 Å². The summed E-state index contributed by atoms with van der Waals surface area (Å²) in [4.78, 5) is 13.3. The van der Waals surface area contributed by atoms with Gasteiger partial charge in [0.1, 0.15) is 0 Å². The molecule has 0 saturated carbocycles. The standard InChI is InChI=1S/C10H8BrCl2NO/c11-9-1-2-14(10(9)15)8-4-6(12)3-7(13)5-8/h3-5,9H,1-2H2. The van der Waals surface area contributed by atoms with E-state index < -0.39 is 0 Å². The zero-order valence-corrected chi connectivity index (χ0v) is 10.8. The van der Waals surface area contributed by atoms with E-state index in [1.54, 1.807) is 23.1 Å². The number of amides is 1. The molecule has 0 aromatic heterocycles. The Balaban J connectivity index is 2.34.